The number of hydrogen-bond donors (Lipinski definition) is 1. The molecule has 1 heterocycles. The number of rotatable bonds is 2. The van der Waals surface area contributed by atoms with Crippen molar-refractivity contribution in [3.05, 3.63) is 23.2 Å². The Labute approximate surface area is 98.2 Å². The van der Waals surface area contributed by atoms with Crippen LogP contribution in [0, 0.1) is 0 Å². The van der Waals surface area contributed by atoms with Gasteiger partial charge in [-0.1, -0.05) is 11.6 Å². The number of fused-ring (bicyclic) bond motifs is 1. The molecule has 1 aromatic carbocycles. The highest BCUT2D eigenvalue weighted by Crippen LogP contribution is 2.34. The molecule has 0 fully saturated rings. The third-order valence-electron chi connectivity index (χ3n) is 2.04. The molecule has 1 aromatic rings. The summed E-state index contributed by atoms with van der Waals surface area (Å²) < 4.78 is 32.5. The van der Waals surface area contributed by atoms with Crippen LogP contribution in [-0.2, 0) is 10.0 Å². The van der Waals surface area contributed by atoms with Gasteiger partial charge >= 0.3 is 0 Å². The third-order valence-corrected chi connectivity index (χ3v) is 3.11. The van der Waals surface area contributed by atoms with Gasteiger partial charge in [0.1, 0.15) is 18.5 Å². The molecule has 88 valence electrons. The van der Waals surface area contributed by atoms with Crippen LogP contribution < -0.4 is 14.6 Å². The van der Waals surface area contributed by atoms with Crippen molar-refractivity contribution in [2.24, 2.45) is 5.14 Å². The van der Waals surface area contributed by atoms with Gasteiger partial charge in [-0.15, -0.1) is 0 Å². The van der Waals surface area contributed by atoms with Crippen LogP contribution >= 0.6 is 11.6 Å². The Kier molecular flexibility index (Phi) is 2.96. The molecular weight excluding hydrogens is 254 g/mol. The minimum atomic E-state index is -3.57. The van der Waals surface area contributed by atoms with Gasteiger partial charge in [-0.05, 0) is 12.1 Å². The number of nitrogens with two attached hydrogens (primary N) is 1. The van der Waals surface area contributed by atoms with Crippen LogP contribution in [0.25, 0.3) is 0 Å². The highest BCUT2D eigenvalue weighted by molar-refractivity contribution is 7.89. The van der Waals surface area contributed by atoms with Crippen LogP contribution in [0.1, 0.15) is 0 Å². The maximum atomic E-state index is 10.9. The van der Waals surface area contributed by atoms with Crippen molar-refractivity contribution in [2.45, 2.75) is 6.10 Å². The highest BCUT2D eigenvalue weighted by atomic mass is 35.5. The number of hydrogen-bond acceptors (Lipinski definition) is 4. The lowest BCUT2D eigenvalue weighted by Gasteiger charge is -2.25. The molecule has 0 saturated carbocycles. The summed E-state index contributed by atoms with van der Waals surface area (Å²) in [4.78, 5) is 0. The second-order valence-corrected chi connectivity index (χ2v) is 5.57. The van der Waals surface area contributed by atoms with Gasteiger partial charge < -0.3 is 9.47 Å². The number of ether oxygens (including phenoxy) is 2. The zero-order valence-corrected chi connectivity index (χ0v) is 9.79. The first-order valence-corrected chi connectivity index (χ1v) is 6.63. The van der Waals surface area contributed by atoms with Crippen LogP contribution in [0.4, 0.5) is 0 Å². The smallest absolute Gasteiger partial charge is 0.212 e. The molecule has 0 aliphatic carbocycles. The lowest BCUT2D eigenvalue weighted by Crippen LogP contribution is -2.37. The van der Waals surface area contributed by atoms with Gasteiger partial charge in [-0.25, -0.2) is 13.6 Å². The van der Waals surface area contributed by atoms with Gasteiger partial charge in [-0.2, -0.15) is 0 Å². The molecule has 1 atom stereocenters. The molecular formula is C9H10ClNO4S. The summed E-state index contributed by atoms with van der Waals surface area (Å²) in [6.07, 6.45) is -0.580. The van der Waals surface area contributed by atoms with E-state index in [9.17, 15) is 8.42 Å². The standard InChI is InChI=1S/C9H10ClNO4S/c10-6-1-2-8-9(3-6)14-4-7(15-8)5-16(11,12)13/h1-3,7H,4-5H2,(H2,11,12,13)/t7-/m0/s1. The van der Waals surface area contributed by atoms with Gasteiger partial charge in [0, 0.05) is 11.1 Å². The largest absolute Gasteiger partial charge is 0.486 e. The predicted molar refractivity (Wildman–Crippen MR) is 59.3 cm³/mol. The molecule has 0 spiro atoms. The van der Waals surface area contributed by atoms with Crippen molar-refractivity contribution in [1.82, 2.24) is 0 Å². The minimum Gasteiger partial charge on any atom is -0.486 e. The minimum absolute atomic E-state index is 0.143. The lowest BCUT2D eigenvalue weighted by molar-refractivity contribution is 0.106. The molecule has 0 amide bonds. The highest BCUT2D eigenvalue weighted by Gasteiger charge is 2.24. The molecule has 0 radical (unpaired) electrons. The first-order chi connectivity index (χ1) is 7.44. The number of primary sulfonamides is 1. The predicted octanol–water partition coefficient (Wildman–Crippen LogP) is 0.768. The van der Waals surface area contributed by atoms with E-state index in [1.807, 2.05) is 0 Å². The van der Waals surface area contributed by atoms with Crippen molar-refractivity contribution >= 4 is 21.6 Å². The zero-order chi connectivity index (χ0) is 11.8. The monoisotopic (exact) mass is 263 g/mol. The summed E-state index contributed by atoms with van der Waals surface area (Å²) >= 11 is 5.77. The molecule has 0 saturated heterocycles. The van der Waals surface area contributed by atoms with E-state index in [1.54, 1.807) is 18.2 Å². The molecule has 0 bridgehead atoms. The van der Waals surface area contributed by atoms with Gasteiger partial charge in [0.25, 0.3) is 0 Å². The SMILES string of the molecule is NS(=O)(=O)C[C@@H]1COc2cc(Cl)ccc2O1. The number of benzene rings is 1. The van der Waals surface area contributed by atoms with E-state index in [2.05, 4.69) is 0 Å². The average molecular weight is 264 g/mol. The van der Waals surface area contributed by atoms with E-state index in [-0.39, 0.29) is 12.4 Å². The molecule has 1 aliphatic heterocycles. The van der Waals surface area contributed by atoms with Gasteiger partial charge in [0.15, 0.2) is 11.5 Å². The van der Waals surface area contributed by atoms with Crippen molar-refractivity contribution in [1.29, 1.82) is 0 Å². The first kappa shape index (κ1) is 11.5. The van der Waals surface area contributed by atoms with Crippen molar-refractivity contribution in [3.63, 3.8) is 0 Å². The molecule has 5 nitrogen and oxygen atoms in total. The van der Waals surface area contributed by atoms with Crippen molar-refractivity contribution in [3.8, 4) is 11.5 Å². The second kappa shape index (κ2) is 4.12. The fourth-order valence-electron chi connectivity index (χ4n) is 1.43. The molecule has 1 aliphatic rings. The zero-order valence-electron chi connectivity index (χ0n) is 8.22. The Balaban J connectivity index is 2.15. The van der Waals surface area contributed by atoms with Gasteiger partial charge in [0.05, 0.1) is 0 Å². The van der Waals surface area contributed by atoms with Crippen LogP contribution in [0.5, 0.6) is 11.5 Å². The van der Waals surface area contributed by atoms with Crippen LogP contribution in [0.3, 0.4) is 0 Å². The third kappa shape index (κ3) is 2.78. The molecule has 7 heteroatoms. The van der Waals surface area contributed by atoms with Crippen LogP contribution in [0.15, 0.2) is 18.2 Å². The Bertz CT molecular complexity index is 502. The summed E-state index contributed by atoms with van der Waals surface area (Å²) in [5.74, 6) is 0.720. The van der Waals surface area contributed by atoms with E-state index in [0.717, 1.165) is 0 Å². The molecule has 0 aromatic heterocycles. The summed E-state index contributed by atoms with van der Waals surface area (Å²) in [5.41, 5.74) is 0. The van der Waals surface area contributed by atoms with E-state index in [4.69, 9.17) is 26.2 Å². The maximum Gasteiger partial charge on any atom is 0.212 e. The van der Waals surface area contributed by atoms with E-state index >= 15 is 0 Å². The summed E-state index contributed by atoms with van der Waals surface area (Å²) in [7, 11) is -3.57. The van der Waals surface area contributed by atoms with Crippen molar-refractivity contribution in [2.75, 3.05) is 12.4 Å². The van der Waals surface area contributed by atoms with Gasteiger partial charge in [0.2, 0.25) is 10.0 Å². The topological polar surface area (TPSA) is 78.6 Å². The molecule has 16 heavy (non-hydrogen) atoms. The molecule has 0 unspecified atom stereocenters. The number of halogens is 1. The fourth-order valence-corrected chi connectivity index (χ4v) is 2.27. The molecule has 2 N–H and O–H groups in total. The quantitative estimate of drug-likeness (QED) is 0.855. The van der Waals surface area contributed by atoms with E-state index < -0.39 is 16.1 Å². The normalized spacial score (nSPS) is 19.5. The maximum absolute atomic E-state index is 10.9. The van der Waals surface area contributed by atoms with Crippen LogP contribution in [0.2, 0.25) is 5.02 Å². The summed E-state index contributed by atoms with van der Waals surface area (Å²) in [5, 5.41) is 5.46. The average Bonchev–Trinajstić information content (AvgIpc) is 2.16. The molecule has 2 rings (SSSR count). The fraction of sp³-hybridized carbons (Fsp3) is 0.333. The van der Waals surface area contributed by atoms with Crippen molar-refractivity contribution < 1.29 is 17.9 Å². The Hall–Kier alpha value is -0.980. The van der Waals surface area contributed by atoms with E-state index in [0.29, 0.717) is 16.5 Å². The summed E-state index contributed by atoms with van der Waals surface area (Å²) in [6, 6.07) is 4.89. The van der Waals surface area contributed by atoms with Gasteiger partial charge in [-0.3, -0.25) is 0 Å². The lowest BCUT2D eigenvalue weighted by atomic mass is 10.3. The van der Waals surface area contributed by atoms with E-state index in [1.165, 1.54) is 0 Å². The Morgan fingerprint density at radius 3 is 2.88 bits per heavy atom. The van der Waals surface area contributed by atoms with Crippen LogP contribution in [-0.4, -0.2) is 26.9 Å². The summed E-state index contributed by atoms with van der Waals surface area (Å²) in [6.45, 7) is 0.143. The first-order valence-electron chi connectivity index (χ1n) is 4.53. The Morgan fingerprint density at radius 1 is 1.44 bits per heavy atom. The Morgan fingerprint density at radius 2 is 2.19 bits per heavy atom. The second-order valence-electron chi connectivity index (χ2n) is 3.47. The number of sulfonamides is 1.